The highest BCUT2D eigenvalue weighted by Gasteiger charge is 2.32. The van der Waals surface area contributed by atoms with Crippen molar-refractivity contribution in [2.75, 3.05) is 25.6 Å². The van der Waals surface area contributed by atoms with Crippen molar-refractivity contribution in [3.63, 3.8) is 0 Å². The van der Waals surface area contributed by atoms with Crippen LogP contribution in [0.15, 0.2) is 17.1 Å². The van der Waals surface area contributed by atoms with Gasteiger partial charge in [-0.05, 0) is 31.7 Å². The Labute approximate surface area is 324 Å². The maximum Gasteiger partial charge on any atom is 0.472 e. The molecule has 4 atom stereocenters. The third-order valence-corrected chi connectivity index (χ3v) is 10.7. The zero-order valence-corrected chi connectivity index (χ0v) is 34.3. The first-order valence-corrected chi connectivity index (χ1v) is 22.6. The number of unbranched alkanes of at least 4 members (excludes halogenated alkanes) is 20. The van der Waals surface area contributed by atoms with E-state index >= 15 is 0 Å². The van der Waals surface area contributed by atoms with Crippen molar-refractivity contribution in [1.82, 2.24) is 9.55 Å². The molecule has 3 N–H and O–H groups in total. The zero-order valence-electron chi connectivity index (χ0n) is 33.4. The van der Waals surface area contributed by atoms with Crippen molar-refractivity contribution >= 4 is 25.6 Å². The van der Waals surface area contributed by atoms with Crippen LogP contribution in [0.3, 0.4) is 0 Å². The summed E-state index contributed by atoms with van der Waals surface area (Å²) in [5.41, 5.74) is 5.01. The maximum absolute atomic E-state index is 12.8. The van der Waals surface area contributed by atoms with Gasteiger partial charge in [-0.15, -0.1) is 0 Å². The molecule has 14 heteroatoms. The lowest BCUT2D eigenvalue weighted by atomic mass is 10.1. The van der Waals surface area contributed by atoms with E-state index in [0.29, 0.717) is 25.7 Å². The molecule has 1 saturated heterocycles. The standard InChI is InChI=1S/C40H72N3O10P/c1-3-5-7-9-11-13-15-17-19-21-23-25-38(44)49-31-35(53-39(45)26-24-22-20-18-16-14-12-10-8-6-4-2)33-51-54(47,48)50-32-34-27-28-37(52-34)43-30-29-36(41)42-40(43)46/h29-30,34-35,37H,3-28,31-33H2,1-2H3,(H,47,48)(H2,41,42,46)/t34-,35-,37+/m0/s1. The summed E-state index contributed by atoms with van der Waals surface area (Å²) in [6.07, 6.45) is 26.2. The van der Waals surface area contributed by atoms with Crippen LogP contribution in [-0.4, -0.2) is 58.4 Å². The molecule has 1 aliphatic heterocycles. The van der Waals surface area contributed by atoms with Crippen LogP contribution in [0, 0.1) is 0 Å². The second-order valence-electron chi connectivity index (χ2n) is 14.8. The van der Waals surface area contributed by atoms with Crippen molar-refractivity contribution in [2.24, 2.45) is 0 Å². The summed E-state index contributed by atoms with van der Waals surface area (Å²) in [7, 11) is -4.60. The van der Waals surface area contributed by atoms with Crippen molar-refractivity contribution in [3.8, 4) is 0 Å². The number of anilines is 1. The van der Waals surface area contributed by atoms with E-state index in [9.17, 15) is 23.8 Å². The van der Waals surface area contributed by atoms with Gasteiger partial charge in [-0.3, -0.25) is 23.2 Å². The average Bonchev–Trinajstić information content (AvgIpc) is 3.62. The molecule has 0 spiro atoms. The predicted octanol–water partition coefficient (Wildman–Crippen LogP) is 9.49. The molecule has 1 aromatic rings. The smallest absolute Gasteiger partial charge is 0.462 e. The first-order valence-electron chi connectivity index (χ1n) is 21.1. The normalized spacial score (nSPS) is 17.3. The van der Waals surface area contributed by atoms with E-state index in [-0.39, 0.29) is 31.9 Å². The highest BCUT2D eigenvalue weighted by Crippen LogP contribution is 2.44. The molecule has 0 amide bonds. The third-order valence-electron chi connectivity index (χ3n) is 9.79. The van der Waals surface area contributed by atoms with Crippen LogP contribution in [-0.2, 0) is 37.4 Å². The number of aromatic nitrogens is 2. The van der Waals surface area contributed by atoms with Gasteiger partial charge in [0, 0.05) is 19.0 Å². The second-order valence-corrected chi connectivity index (χ2v) is 16.2. The molecule has 1 aliphatic rings. The molecule has 1 fully saturated rings. The lowest BCUT2D eigenvalue weighted by Crippen LogP contribution is -2.30. The molecule has 13 nitrogen and oxygen atoms in total. The van der Waals surface area contributed by atoms with E-state index in [1.54, 1.807) is 0 Å². The van der Waals surface area contributed by atoms with Gasteiger partial charge in [0.15, 0.2) is 6.10 Å². The summed E-state index contributed by atoms with van der Waals surface area (Å²) >= 11 is 0. The van der Waals surface area contributed by atoms with Crippen LogP contribution in [0.5, 0.6) is 0 Å². The molecular formula is C40H72N3O10P. The van der Waals surface area contributed by atoms with Crippen LogP contribution in [0.2, 0.25) is 0 Å². The lowest BCUT2D eigenvalue weighted by Gasteiger charge is -2.21. The number of hydrogen-bond acceptors (Lipinski definition) is 11. The van der Waals surface area contributed by atoms with E-state index in [1.165, 1.54) is 107 Å². The van der Waals surface area contributed by atoms with Gasteiger partial charge in [0.05, 0.1) is 19.3 Å². The topological polar surface area (TPSA) is 178 Å². The molecule has 2 rings (SSSR count). The summed E-state index contributed by atoms with van der Waals surface area (Å²) in [5.74, 6) is -0.791. The van der Waals surface area contributed by atoms with Crippen LogP contribution in [0.4, 0.5) is 5.82 Å². The highest BCUT2D eigenvalue weighted by atomic mass is 31.2. The second kappa shape index (κ2) is 29.9. The van der Waals surface area contributed by atoms with Gasteiger partial charge in [-0.2, -0.15) is 4.98 Å². The Bertz CT molecular complexity index is 1250. The molecule has 54 heavy (non-hydrogen) atoms. The summed E-state index contributed by atoms with van der Waals surface area (Å²) in [6.45, 7) is 3.40. The number of phosphoric ester groups is 1. The number of rotatable bonds is 34. The Balaban J connectivity index is 1.74. The molecule has 312 valence electrons. The number of nitrogens with zero attached hydrogens (tertiary/aromatic N) is 2. The summed E-state index contributed by atoms with van der Waals surface area (Å²) in [4.78, 5) is 51.5. The van der Waals surface area contributed by atoms with Gasteiger partial charge < -0.3 is 24.8 Å². The van der Waals surface area contributed by atoms with Gasteiger partial charge in [0.2, 0.25) is 0 Å². The fraction of sp³-hybridized carbons (Fsp3) is 0.850. The molecule has 0 saturated carbocycles. The highest BCUT2D eigenvalue weighted by molar-refractivity contribution is 7.47. The Morgan fingerprint density at radius 1 is 0.796 bits per heavy atom. The molecule has 1 aromatic heterocycles. The summed E-state index contributed by atoms with van der Waals surface area (Å²) in [6, 6.07) is 1.49. The van der Waals surface area contributed by atoms with Gasteiger partial charge in [-0.1, -0.05) is 142 Å². The fourth-order valence-electron chi connectivity index (χ4n) is 6.54. The van der Waals surface area contributed by atoms with Crippen LogP contribution in [0.25, 0.3) is 0 Å². The number of phosphoric acid groups is 1. The molecule has 1 unspecified atom stereocenters. The van der Waals surface area contributed by atoms with Crippen LogP contribution >= 0.6 is 7.82 Å². The number of nitrogens with two attached hydrogens (primary N) is 1. The quantitative estimate of drug-likeness (QED) is 0.0385. The minimum Gasteiger partial charge on any atom is -0.462 e. The van der Waals surface area contributed by atoms with E-state index in [0.717, 1.165) is 38.5 Å². The first-order chi connectivity index (χ1) is 26.1. The Morgan fingerprint density at radius 2 is 1.30 bits per heavy atom. The van der Waals surface area contributed by atoms with E-state index in [4.69, 9.17) is 29.0 Å². The van der Waals surface area contributed by atoms with E-state index in [1.807, 2.05) is 0 Å². The van der Waals surface area contributed by atoms with Gasteiger partial charge in [0.1, 0.15) is 18.7 Å². The molecule has 0 bridgehead atoms. The zero-order chi connectivity index (χ0) is 39.3. The lowest BCUT2D eigenvalue weighted by molar-refractivity contribution is -0.161. The third kappa shape index (κ3) is 23.6. The first kappa shape index (κ1) is 47.8. The molecule has 2 heterocycles. The number of hydrogen-bond donors (Lipinski definition) is 2. The molecular weight excluding hydrogens is 713 g/mol. The number of carbonyl (C=O) groups is 2. The summed E-state index contributed by atoms with van der Waals surface area (Å²) in [5, 5.41) is 0. The van der Waals surface area contributed by atoms with Crippen molar-refractivity contribution in [2.45, 2.75) is 199 Å². The average molecular weight is 786 g/mol. The minimum atomic E-state index is -4.60. The van der Waals surface area contributed by atoms with Gasteiger partial charge in [-0.25, -0.2) is 9.36 Å². The number of nitrogen functional groups attached to an aromatic ring is 1. The monoisotopic (exact) mass is 785 g/mol. The molecule has 0 radical (unpaired) electrons. The Kier molecular flexibility index (Phi) is 26.5. The van der Waals surface area contributed by atoms with Gasteiger partial charge >= 0.3 is 25.5 Å². The van der Waals surface area contributed by atoms with Crippen molar-refractivity contribution in [1.29, 1.82) is 0 Å². The molecule has 0 aromatic carbocycles. The largest absolute Gasteiger partial charge is 0.472 e. The number of carbonyl (C=O) groups excluding carboxylic acids is 2. The summed E-state index contributed by atoms with van der Waals surface area (Å²) < 4.78 is 41.3. The van der Waals surface area contributed by atoms with E-state index in [2.05, 4.69) is 18.8 Å². The van der Waals surface area contributed by atoms with Crippen molar-refractivity contribution in [3.05, 3.63) is 22.7 Å². The number of esters is 2. The maximum atomic E-state index is 12.8. The SMILES string of the molecule is CCCCCCCCCCCCCC(=O)OC[C@@H](COP(=O)(O)OC[C@@H]1CC[C@H](n2ccc(N)nc2=O)O1)OC(=O)CCCCCCCCCCCCC. The Hall–Kier alpha value is -2.31. The minimum absolute atomic E-state index is 0.102. The van der Waals surface area contributed by atoms with Crippen LogP contribution < -0.4 is 11.4 Å². The van der Waals surface area contributed by atoms with Gasteiger partial charge in [0.25, 0.3) is 0 Å². The molecule has 0 aliphatic carbocycles. The van der Waals surface area contributed by atoms with E-state index < -0.39 is 50.5 Å². The predicted molar refractivity (Wildman–Crippen MR) is 211 cm³/mol. The number of ether oxygens (including phenoxy) is 3. The Morgan fingerprint density at radius 3 is 1.81 bits per heavy atom. The van der Waals surface area contributed by atoms with Crippen molar-refractivity contribution < 1.29 is 42.3 Å². The fourth-order valence-corrected chi connectivity index (χ4v) is 7.32. The van der Waals surface area contributed by atoms with Crippen LogP contribution in [0.1, 0.15) is 187 Å².